The molecule has 0 bridgehead atoms. The maximum atomic E-state index is 12.0. The first-order chi connectivity index (χ1) is 11.8. The summed E-state index contributed by atoms with van der Waals surface area (Å²) in [5.41, 5.74) is 0. The fourth-order valence-corrected chi connectivity index (χ4v) is 3.05. The summed E-state index contributed by atoms with van der Waals surface area (Å²) < 4.78 is 10.7. The van der Waals surface area contributed by atoms with Crippen LogP contribution in [0.15, 0.2) is 22.8 Å². The standard InChI is InChI=1S/C21H36O3/c1-3-5-6-7-8-9-10-11-12-13-16-19(15-4-2)24-21(22)20-17-14-18-23-20/h14,17-19H,3-13,15-16H2,1-2H3. The zero-order valence-electron chi connectivity index (χ0n) is 15.7. The molecule has 0 amide bonds. The average molecular weight is 337 g/mol. The molecule has 24 heavy (non-hydrogen) atoms. The zero-order valence-corrected chi connectivity index (χ0v) is 15.7. The molecule has 0 N–H and O–H groups in total. The van der Waals surface area contributed by atoms with Gasteiger partial charge in [0.1, 0.15) is 6.10 Å². The van der Waals surface area contributed by atoms with Crippen molar-refractivity contribution in [1.29, 1.82) is 0 Å². The van der Waals surface area contributed by atoms with Gasteiger partial charge >= 0.3 is 5.97 Å². The molecule has 138 valence electrons. The lowest BCUT2D eigenvalue weighted by atomic mass is 10.0. The van der Waals surface area contributed by atoms with Crippen LogP contribution in [0.2, 0.25) is 0 Å². The van der Waals surface area contributed by atoms with E-state index >= 15 is 0 Å². The predicted molar refractivity (Wildman–Crippen MR) is 99.3 cm³/mol. The van der Waals surface area contributed by atoms with Gasteiger partial charge in [0.05, 0.1) is 6.26 Å². The van der Waals surface area contributed by atoms with Crippen LogP contribution in [-0.4, -0.2) is 12.1 Å². The van der Waals surface area contributed by atoms with Crippen molar-refractivity contribution in [3.63, 3.8) is 0 Å². The minimum Gasteiger partial charge on any atom is -0.457 e. The van der Waals surface area contributed by atoms with Gasteiger partial charge in [-0.1, -0.05) is 78.1 Å². The maximum Gasteiger partial charge on any atom is 0.374 e. The monoisotopic (exact) mass is 336 g/mol. The van der Waals surface area contributed by atoms with E-state index in [-0.39, 0.29) is 12.1 Å². The SMILES string of the molecule is CCCCCCCCCCCCC(CCC)OC(=O)c1ccco1. The molecule has 0 radical (unpaired) electrons. The normalized spacial score (nSPS) is 12.2. The van der Waals surface area contributed by atoms with Crippen molar-refractivity contribution in [3.8, 4) is 0 Å². The fraction of sp³-hybridized carbons (Fsp3) is 0.762. The molecule has 1 aromatic heterocycles. The van der Waals surface area contributed by atoms with E-state index in [0.29, 0.717) is 5.76 Å². The third-order valence-corrected chi connectivity index (χ3v) is 4.49. The third-order valence-electron chi connectivity index (χ3n) is 4.49. The summed E-state index contributed by atoms with van der Waals surface area (Å²) in [4.78, 5) is 12.0. The molecule has 0 fully saturated rings. The summed E-state index contributed by atoms with van der Waals surface area (Å²) in [5.74, 6) is -0.0234. The van der Waals surface area contributed by atoms with Gasteiger partial charge in [0.2, 0.25) is 5.76 Å². The van der Waals surface area contributed by atoms with Crippen molar-refractivity contribution in [3.05, 3.63) is 24.2 Å². The zero-order chi connectivity index (χ0) is 17.5. The van der Waals surface area contributed by atoms with Crippen molar-refractivity contribution >= 4 is 5.97 Å². The van der Waals surface area contributed by atoms with Crippen LogP contribution in [0.4, 0.5) is 0 Å². The topological polar surface area (TPSA) is 39.4 Å². The lowest BCUT2D eigenvalue weighted by Gasteiger charge is -2.16. The van der Waals surface area contributed by atoms with Crippen LogP contribution in [-0.2, 0) is 4.74 Å². The average Bonchev–Trinajstić information content (AvgIpc) is 3.11. The van der Waals surface area contributed by atoms with Gasteiger partial charge in [0, 0.05) is 0 Å². The summed E-state index contributed by atoms with van der Waals surface area (Å²) in [7, 11) is 0. The number of furan rings is 1. The Morgan fingerprint density at radius 3 is 2.08 bits per heavy atom. The van der Waals surface area contributed by atoms with Gasteiger partial charge in [-0.25, -0.2) is 4.79 Å². The molecule has 1 rings (SSSR count). The van der Waals surface area contributed by atoms with Gasteiger partial charge in [-0.05, 0) is 31.4 Å². The third kappa shape index (κ3) is 9.79. The molecule has 0 aliphatic heterocycles. The maximum absolute atomic E-state index is 12.0. The molecule has 0 aliphatic rings. The van der Waals surface area contributed by atoms with Crippen molar-refractivity contribution in [2.45, 2.75) is 103 Å². The number of ether oxygens (including phenoxy) is 1. The Labute approximate surface area is 148 Å². The van der Waals surface area contributed by atoms with Crippen LogP contribution in [0.25, 0.3) is 0 Å². The number of hydrogen-bond acceptors (Lipinski definition) is 3. The van der Waals surface area contributed by atoms with Crippen molar-refractivity contribution in [2.75, 3.05) is 0 Å². The van der Waals surface area contributed by atoms with E-state index in [2.05, 4.69) is 13.8 Å². The van der Waals surface area contributed by atoms with Gasteiger partial charge in [0.15, 0.2) is 0 Å². The second-order valence-electron chi connectivity index (χ2n) is 6.76. The Balaban J connectivity index is 2.06. The molecule has 1 aromatic rings. The van der Waals surface area contributed by atoms with Crippen molar-refractivity contribution in [1.82, 2.24) is 0 Å². The van der Waals surface area contributed by atoms with Crippen LogP contribution >= 0.6 is 0 Å². The summed E-state index contributed by atoms with van der Waals surface area (Å²) in [6.07, 6.45) is 17.8. The molecule has 3 heteroatoms. The van der Waals surface area contributed by atoms with E-state index in [9.17, 15) is 4.79 Å². The lowest BCUT2D eigenvalue weighted by molar-refractivity contribution is 0.0218. The van der Waals surface area contributed by atoms with E-state index in [4.69, 9.17) is 9.15 Å². The lowest BCUT2D eigenvalue weighted by Crippen LogP contribution is -2.18. The molecule has 0 aliphatic carbocycles. The number of esters is 1. The Kier molecular flexibility index (Phi) is 12.2. The van der Waals surface area contributed by atoms with Crippen LogP contribution in [0.1, 0.15) is 108 Å². The summed E-state index contributed by atoms with van der Waals surface area (Å²) in [5, 5.41) is 0. The number of carbonyl (C=O) groups excluding carboxylic acids is 1. The van der Waals surface area contributed by atoms with Gasteiger partial charge in [-0.2, -0.15) is 0 Å². The minimum atomic E-state index is -0.328. The van der Waals surface area contributed by atoms with E-state index in [1.54, 1.807) is 12.1 Å². The Bertz CT molecular complexity index is 397. The summed E-state index contributed by atoms with van der Waals surface area (Å²) in [6.45, 7) is 4.39. The van der Waals surface area contributed by atoms with Gasteiger partial charge in [-0.15, -0.1) is 0 Å². The van der Waals surface area contributed by atoms with Crippen LogP contribution in [0, 0.1) is 0 Å². The first kappa shape index (κ1) is 20.8. The second kappa shape index (κ2) is 14.1. The molecule has 0 saturated heterocycles. The molecular weight excluding hydrogens is 300 g/mol. The van der Waals surface area contributed by atoms with Crippen LogP contribution < -0.4 is 0 Å². The molecule has 0 saturated carbocycles. The molecule has 0 aromatic carbocycles. The largest absolute Gasteiger partial charge is 0.457 e. The minimum absolute atomic E-state index is 0.0293. The smallest absolute Gasteiger partial charge is 0.374 e. The number of carbonyl (C=O) groups is 1. The number of hydrogen-bond donors (Lipinski definition) is 0. The Hall–Kier alpha value is -1.25. The highest BCUT2D eigenvalue weighted by Crippen LogP contribution is 2.16. The number of unbranched alkanes of at least 4 members (excludes halogenated alkanes) is 9. The summed E-state index contributed by atoms with van der Waals surface area (Å²) >= 11 is 0. The number of rotatable bonds is 15. The molecule has 3 nitrogen and oxygen atoms in total. The molecule has 1 atom stereocenters. The van der Waals surface area contributed by atoms with Gasteiger partial charge in [-0.3, -0.25) is 0 Å². The molecule has 1 unspecified atom stereocenters. The van der Waals surface area contributed by atoms with Crippen molar-refractivity contribution in [2.24, 2.45) is 0 Å². The van der Waals surface area contributed by atoms with E-state index in [0.717, 1.165) is 25.7 Å². The highest BCUT2D eigenvalue weighted by Gasteiger charge is 2.16. The Morgan fingerprint density at radius 2 is 1.54 bits per heavy atom. The molecule has 0 spiro atoms. The van der Waals surface area contributed by atoms with Crippen LogP contribution in [0.3, 0.4) is 0 Å². The van der Waals surface area contributed by atoms with E-state index in [1.165, 1.54) is 64.1 Å². The quantitative estimate of drug-likeness (QED) is 0.258. The highest BCUT2D eigenvalue weighted by molar-refractivity contribution is 5.86. The fourth-order valence-electron chi connectivity index (χ4n) is 3.05. The second-order valence-corrected chi connectivity index (χ2v) is 6.76. The molecular formula is C21H36O3. The Morgan fingerprint density at radius 1 is 0.917 bits per heavy atom. The van der Waals surface area contributed by atoms with Gasteiger partial charge < -0.3 is 9.15 Å². The van der Waals surface area contributed by atoms with E-state index < -0.39 is 0 Å². The van der Waals surface area contributed by atoms with E-state index in [1.807, 2.05) is 0 Å². The molecule has 1 heterocycles. The summed E-state index contributed by atoms with van der Waals surface area (Å²) in [6, 6.07) is 3.37. The van der Waals surface area contributed by atoms with Crippen molar-refractivity contribution < 1.29 is 13.9 Å². The van der Waals surface area contributed by atoms with Crippen LogP contribution in [0.5, 0.6) is 0 Å². The first-order valence-corrected chi connectivity index (χ1v) is 10.0. The highest BCUT2D eigenvalue weighted by atomic mass is 16.6. The first-order valence-electron chi connectivity index (χ1n) is 10.0. The van der Waals surface area contributed by atoms with Gasteiger partial charge in [0.25, 0.3) is 0 Å². The predicted octanol–water partition coefficient (Wildman–Crippen LogP) is 6.92.